The molecule has 2 atom stereocenters. The Morgan fingerprint density at radius 1 is 1.47 bits per heavy atom. The molecule has 1 aliphatic carbocycles. The van der Waals surface area contributed by atoms with Gasteiger partial charge in [0, 0.05) is 12.6 Å². The number of fused-ring (bicyclic) bond motifs is 1. The molecule has 0 heterocycles. The Bertz CT molecular complexity index is 395. The molecule has 0 amide bonds. The Morgan fingerprint density at radius 2 is 2.24 bits per heavy atom. The molecular weight excluding hydrogens is 224 g/mol. The lowest BCUT2D eigenvalue weighted by Crippen LogP contribution is -2.33. The number of rotatable bonds is 4. The van der Waals surface area contributed by atoms with Crippen LogP contribution in [0.1, 0.15) is 29.2 Å². The molecule has 2 rings (SSSR count). The van der Waals surface area contributed by atoms with Gasteiger partial charge in [0.05, 0.1) is 0 Å². The summed E-state index contributed by atoms with van der Waals surface area (Å²) in [7, 11) is 0. The van der Waals surface area contributed by atoms with Crippen molar-refractivity contribution < 1.29 is 13.9 Å². The zero-order chi connectivity index (χ0) is 12.4. The van der Waals surface area contributed by atoms with Crippen LogP contribution in [-0.4, -0.2) is 24.2 Å². The molecule has 1 aromatic carbocycles. The van der Waals surface area contributed by atoms with Crippen molar-refractivity contribution in [2.45, 2.75) is 38.3 Å². The summed E-state index contributed by atoms with van der Waals surface area (Å²) >= 11 is 0. The molecule has 0 radical (unpaired) electrons. The first-order chi connectivity index (χ1) is 8.08. The minimum absolute atomic E-state index is 0.0598. The third-order valence-electron chi connectivity index (χ3n) is 3.24. The van der Waals surface area contributed by atoms with E-state index in [1.54, 1.807) is 0 Å². The molecule has 0 spiro atoms. The minimum Gasteiger partial charge on any atom is -0.386 e. The second-order valence-corrected chi connectivity index (χ2v) is 4.60. The summed E-state index contributed by atoms with van der Waals surface area (Å²) in [4.78, 5) is 0. The lowest BCUT2D eigenvalue weighted by molar-refractivity contribution is -0.00463. The Kier molecular flexibility index (Phi) is 3.74. The molecule has 1 aromatic rings. The maximum atomic E-state index is 12.2. The Hall–Kier alpha value is -1.00. The summed E-state index contributed by atoms with van der Waals surface area (Å²) in [5.41, 5.74) is 3.64. The molecule has 0 aliphatic heterocycles. The number of benzene rings is 1. The normalized spacial score (nSPS) is 20.6. The molecule has 1 aliphatic rings. The highest BCUT2D eigenvalue weighted by Gasteiger charge is 2.24. The molecule has 0 fully saturated rings. The van der Waals surface area contributed by atoms with Gasteiger partial charge in [0.15, 0.2) is 0 Å². The van der Waals surface area contributed by atoms with Crippen LogP contribution in [0.3, 0.4) is 0 Å². The predicted octanol–water partition coefficient (Wildman–Crippen LogP) is 2.20. The maximum absolute atomic E-state index is 12.2. The quantitative estimate of drug-likeness (QED) is 0.847. The highest BCUT2D eigenvalue weighted by Crippen LogP contribution is 2.31. The van der Waals surface area contributed by atoms with E-state index in [0.29, 0.717) is 0 Å². The van der Waals surface area contributed by atoms with Gasteiger partial charge in [-0.3, -0.25) is 0 Å². The average Bonchev–Trinajstić information content (AvgIpc) is 2.68. The van der Waals surface area contributed by atoms with E-state index in [1.807, 2.05) is 6.92 Å². The van der Waals surface area contributed by atoms with E-state index in [4.69, 9.17) is 5.11 Å². The van der Waals surface area contributed by atoms with Gasteiger partial charge in [-0.05, 0) is 30.9 Å². The fourth-order valence-corrected chi connectivity index (χ4v) is 2.29. The first-order valence-corrected chi connectivity index (χ1v) is 5.87. The van der Waals surface area contributed by atoms with Gasteiger partial charge in [-0.25, -0.2) is 8.78 Å². The standard InChI is InChI=1S/C13H17F2NO/c1-8-2-3-9-4-5-11(10(9)6-8)16-7-12(17)13(14)15/h2-3,6,11-13,16-17H,4-5,7H2,1H3. The second kappa shape index (κ2) is 5.10. The molecule has 4 heteroatoms. The Balaban J connectivity index is 2.00. The number of hydrogen-bond donors (Lipinski definition) is 2. The number of aliphatic hydroxyl groups excluding tert-OH is 1. The van der Waals surface area contributed by atoms with Crippen LogP contribution >= 0.6 is 0 Å². The number of aliphatic hydroxyl groups is 1. The minimum atomic E-state index is -2.68. The van der Waals surface area contributed by atoms with E-state index in [9.17, 15) is 8.78 Å². The van der Waals surface area contributed by atoms with Gasteiger partial charge in [-0.1, -0.05) is 23.8 Å². The second-order valence-electron chi connectivity index (χ2n) is 4.60. The average molecular weight is 241 g/mol. The van der Waals surface area contributed by atoms with Gasteiger partial charge in [0.2, 0.25) is 0 Å². The molecule has 0 saturated carbocycles. The molecule has 0 aromatic heterocycles. The fraction of sp³-hybridized carbons (Fsp3) is 0.538. The summed E-state index contributed by atoms with van der Waals surface area (Å²) in [6.45, 7) is 1.96. The van der Waals surface area contributed by atoms with Crippen molar-refractivity contribution in [3.05, 3.63) is 34.9 Å². The number of alkyl halides is 2. The molecule has 0 saturated heterocycles. The van der Waals surface area contributed by atoms with Gasteiger partial charge in [0.1, 0.15) is 6.10 Å². The first-order valence-electron chi connectivity index (χ1n) is 5.87. The first kappa shape index (κ1) is 12.5. The molecule has 2 nitrogen and oxygen atoms in total. The fourth-order valence-electron chi connectivity index (χ4n) is 2.29. The lowest BCUT2D eigenvalue weighted by atomic mass is 10.0. The van der Waals surface area contributed by atoms with Crippen molar-refractivity contribution in [2.75, 3.05) is 6.54 Å². The largest absolute Gasteiger partial charge is 0.386 e. The Morgan fingerprint density at radius 3 is 2.94 bits per heavy atom. The highest BCUT2D eigenvalue weighted by molar-refractivity contribution is 5.37. The van der Waals surface area contributed by atoms with Crippen LogP contribution < -0.4 is 5.32 Å². The monoisotopic (exact) mass is 241 g/mol. The van der Waals surface area contributed by atoms with E-state index in [-0.39, 0.29) is 12.6 Å². The number of halogens is 2. The van der Waals surface area contributed by atoms with Crippen LogP contribution in [0.5, 0.6) is 0 Å². The SMILES string of the molecule is Cc1ccc2c(c1)C(NCC(O)C(F)F)CC2. The summed E-state index contributed by atoms with van der Waals surface area (Å²) < 4.78 is 24.3. The van der Waals surface area contributed by atoms with Gasteiger partial charge in [0.25, 0.3) is 6.43 Å². The van der Waals surface area contributed by atoms with E-state index in [0.717, 1.165) is 12.8 Å². The topological polar surface area (TPSA) is 32.3 Å². The summed E-state index contributed by atoms with van der Waals surface area (Å²) in [6, 6.07) is 6.35. The van der Waals surface area contributed by atoms with Crippen LogP contribution in [-0.2, 0) is 6.42 Å². The van der Waals surface area contributed by atoms with Gasteiger partial charge >= 0.3 is 0 Å². The van der Waals surface area contributed by atoms with Crippen LogP contribution in [0.15, 0.2) is 18.2 Å². The Labute approximate surface area is 99.7 Å². The van der Waals surface area contributed by atoms with Crippen LogP contribution in [0.4, 0.5) is 8.78 Å². The van der Waals surface area contributed by atoms with Crippen molar-refractivity contribution in [3.63, 3.8) is 0 Å². The summed E-state index contributed by atoms with van der Waals surface area (Å²) in [5.74, 6) is 0. The maximum Gasteiger partial charge on any atom is 0.265 e. The van der Waals surface area contributed by atoms with Crippen molar-refractivity contribution in [3.8, 4) is 0 Å². The third kappa shape index (κ3) is 2.82. The van der Waals surface area contributed by atoms with Crippen molar-refractivity contribution in [1.82, 2.24) is 5.32 Å². The van der Waals surface area contributed by atoms with E-state index in [1.165, 1.54) is 16.7 Å². The summed E-state index contributed by atoms with van der Waals surface area (Å²) in [6.07, 6.45) is -2.38. The van der Waals surface area contributed by atoms with Crippen LogP contribution in [0.2, 0.25) is 0 Å². The van der Waals surface area contributed by atoms with E-state index >= 15 is 0 Å². The zero-order valence-corrected chi connectivity index (χ0v) is 9.79. The molecular formula is C13H17F2NO. The van der Waals surface area contributed by atoms with Crippen molar-refractivity contribution >= 4 is 0 Å². The highest BCUT2D eigenvalue weighted by atomic mass is 19.3. The van der Waals surface area contributed by atoms with Crippen LogP contribution in [0.25, 0.3) is 0 Å². The molecule has 2 N–H and O–H groups in total. The molecule has 2 unspecified atom stereocenters. The van der Waals surface area contributed by atoms with Crippen molar-refractivity contribution in [2.24, 2.45) is 0 Å². The molecule has 17 heavy (non-hydrogen) atoms. The van der Waals surface area contributed by atoms with Crippen molar-refractivity contribution in [1.29, 1.82) is 0 Å². The van der Waals surface area contributed by atoms with E-state index in [2.05, 4.69) is 23.5 Å². The predicted molar refractivity (Wildman–Crippen MR) is 62.3 cm³/mol. The smallest absolute Gasteiger partial charge is 0.265 e. The summed E-state index contributed by atoms with van der Waals surface area (Å²) in [5, 5.41) is 12.1. The third-order valence-corrected chi connectivity index (χ3v) is 3.24. The number of aryl methyl sites for hydroxylation is 2. The number of nitrogens with one attached hydrogen (secondary N) is 1. The molecule has 0 bridgehead atoms. The van der Waals surface area contributed by atoms with E-state index < -0.39 is 12.5 Å². The van der Waals surface area contributed by atoms with Gasteiger partial charge in [-0.2, -0.15) is 0 Å². The van der Waals surface area contributed by atoms with Gasteiger partial charge in [-0.15, -0.1) is 0 Å². The van der Waals surface area contributed by atoms with Gasteiger partial charge < -0.3 is 10.4 Å². The lowest BCUT2D eigenvalue weighted by Gasteiger charge is -2.17. The molecule has 94 valence electrons. The number of hydrogen-bond acceptors (Lipinski definition) is 2. The zero-order valence-electron chi connectivity index (χ0n) is 9.79. The van der Waals surface area contributed by atoms with Crippen LogP contribution in [0, 0.1) is 6.92 Å².